The van der Waals surface area contributed by atoms with E-state index in [4.69, 9.17) is 10.7 Å². The minimum Gasteiger partial charge on any atom is -0.390 e. The van der Waals surface area contributed by atoms with Gasteiger partial charge in [-0.3, -0.25) is 14.5 Å². The molecule has 4 N–H and O–H groups in total. The molecule has 0 saturated heterocycles. The number of aliphatic hydroxyl groups excluding tert-OH is 1. The van der Waals surface area contributed by atoms with E-state index in [-0.39, 0.29) is 24.2 Å². The summed E-state index contributed by atoms with van der Waals surface area (Å²) in [6.07, 6.45) is 1.56. The Morgan fingerprint density at radius 3 is 2.45 bits per heavy atom. The van der Waals surface area contributed by atoms with E-state index >= 15 is 0 Å². The van der Waals surface area contributed by atoms with Crippen molar-refractivity contribution < 1.29 is 14.7 Å². The maximum atomic E-state index is 13.6. The number of nitrogens with zero attached hydrogens (tertiary/aromatic N) is 2. The first-order chi connectivity index (χ1) is 18.4. The molecule has 0 bridgehead atoms. The summed E-state index contributed by atoms with van der Waals surface area (Å²) in [6.45, 7) is 4.05. The Morgan fingerprint density at radius 1 is 1.05 bits per heavy atom. The van der Waals surface area contributed by atoms with Crippen molar-refractivity contribution in [1.82, 2.24) is 10.2 Å². The van der Waals surface area contributed by atoms with Gasteiger partial charge in [0.05, 0.1) is 30.1 Å². The zero-order chi connectivity index (χ0) is 26.9. The maximum absolute atomic E-state index is 13.6. The number of benzene rings is 3. The molecule has 3 aromatic rings. The van der Waals surface area contributed by atoms with Gasteiger partial charge >= 0.3 is 0 Å². The smallest absolute Gasteiger partial charge is 0.251 e. The molecule has 3 atom stereocenters. The fraction of sp³-hybridized carbons (Fsp3) is 0.323. The number of nitrogens with two attached hydrogens (primary N) is 1. The van der Waals surface area contributed by atoms with Gasteiger partial charge in [0.25, 0.3) is 5.91 Å². The average molecular weight is 511 g/mol. The highest BCUT2D eigenvalue weighted by Gasteiger charge is 2.41. The number of amides is 2. The van der Waals surface area contributed by atoms with Crippen LogP contribution in [0.3, 0.4) is 0 Å². The molecule has 1 heterocycles. The van der Waals surface area contributed by atoms with Crippen LogP contribution in [0.15, 0.2) is 83.9 Å². The molecule has 0 fully saturated rings. The standard InChI is InChI=1S/C31H34N4O3/c1-3-31(4-2)19-26(37)35(30(32)34-31)28(20-11-6-5-7-12-20)22-14-10-15-23(17-22)29(38)33-27-24-16-9-8-13-21(24)18-25(27)36/h5-17,25,27-28,36H,3-4,18-19H2,1-2H3,(H2,32,34)(H,33,38)/t25-,27-,28-/m1/s1. The monoisotopic (exact) mass is 510 g/mol. The number of fused-ring (bicyclic) bond motifs is 1. The lowest BCUT2D eigenvalue weighted by atomic mass is 9.86. The van der Waals surface area contributed by atoms with Gasteiger partial charge in [0.15, 0.2) is 5.96 Å². The Kier molecular flexibility index (Phi) is 7.04. The van der Waals surface area contributed by atoms with Crippen molar-refractivity contribution >= 4 is 17.8 Å². The third kappa shape index (κ3) is 4.70. The lowest BCUT2D eigenvalue weighted by Crippen LogP contribution is -2.52. The van der Waals surface area contributed by atoms with E-state index in [1.165, 1.54) is 0 Å². The zero-order valence-electron chi connectivity index (χ0n) is 21.8. The molecule has 38 heavy (non-hydrogen) atoms. The summed E-state index contributed by atoms with van der Waals surface area (Å²) in [5, 5.41) is 13.6. The van der Waals surface area contributed by atoms with E-state index in [1.54, 1.807) is 17.0 Å². The summed E-state index contributed by atoms with van der Waals surface area (Å²) in [7, 11) is 0. The first-order valence-electron chi connectivity index (χ1n) is 13.2. The number of carbonyl (C=O) groups is 2. The van der Waals surface area contributed by atoms with Gasteiger partial charge in [-0.2, -0.15) is 0 Å². The third-order valence-electron chi connectivity index (χ3n) is 7.99. The van der Waals surface area contributed by atoms with E-state index in [9.17, 15) is 14.7 Å². The SMILES string of the molecule is CCC1(CC)CC(=O)N([C@H](c2ccccc2)c2cccc(C(=O)N[C@@H]3c4ccccc4C[C@H]3O)c2)C(N)=N1. The molecule has 7 nitrogen and oxygen atoms in total. The predicted octanol–water partition coefficient (Wildman–Crippen LogP) is 4.27. The van der Waals surface area contributed by atoms with E-state index < -0.39 is 23.7 Å². The highest BCUT2D eigenvalue weighted by Crippen LogP contribution is 2.37. The number of carbonyl (C=O) groups excluding carboxylic acids is 2. The molecule has 0 unspecified atom stereocenters. The summed E-state index contributed by atoms with van der Waals surface area (Å²) in [5.41, 5.74) is 10.0. The molecule has 7 heteroatoms. The van der Waals surface area contributed by atoms with Crippen molar-refractivity contribution in [2.75, 3.05) is 0 Å². The Hall–Kier alpha value is -3.97. The van der Waals surface area contributed by atoms with Crippen molar-refractivity contribution in [3.05, 3.63) is 107 Å². The quantitative estimate of drug-likeness (QED) is 0.441. The van der Waals surface area contributed by atoms with Gasteiger partial charge in [0, 0.05) is 12.0 Å². The van der Waals surface area contributed by atoms with Crippen LogP contribution in [0.25, 0.3) is 0 Å². The Labute approximate surface area is 223 Å². The Morgan fingerprint density at radius 2 is 1.74 bits per heavy atom. The lowest BCUT2D eigenvalue weighted by molar-refractivity contribution is -0.131. The molecule has 5 rings (SSSR count). The number of hydrogen-bond donors (Lipinski definition) is 3. The molecule has 3 aromatic carbocycles. The summed E-state index contributed by atoms with van der Waals surface area (Å²) in [4.78, 5) is 33.3. The highest BCUT2D eigenvalue weighted by atomic mass is 16.3. The number of rotatable bonds is 7. The van der Waals surface area contributed by atoms with Crippen LogP contribution in [0.5, 0.6) is 0 Å². The fourth-order valence-corrected chi connectivity index (χ4v) is 5.71. The molecule has 0 spiro atoms. The van der Waals surface area contributed by atoms with Crippen molar-refractivity contribution in [2.45, 2.75) is 63.3 Å². The van der Waals surface area contributed by atoms with Crippen molar-refractivity contribution in [2.24, 2.45) is 10.7 Å². The molecule has 0 radical (unpaired) electrons. The highest BCUT2D eigenvalue weighted by molar-refractivity contribution is 6.00. The number of nitrogens with one attached hydrogen (secondary N) is 1. The van der Waals surface area contributed by atoms with Crippen LogP contribution in [0.1, 0.15) is 77.8 Å². The third-order valence-corrected chi connectivity index (χ3v) is 7.99. The van der Waals surface area contributed by atoms with E-state index in [2.05, 4.69) is 5.32 Å². The molecule has 1 aliphatic heterocycles. The molecule has 0 saturated carbocycles. The lowest BCUT2D eigenvalue weighted by Gasteiger charge is -2.40. The Bertz CT molecular complexity index is 1370. The van der Waals surface area contributed by atoms with Gasteiger partial charge in [-0.05, 0) is 47.2 Å². The summed E-state index contributed by atoms with van der Waals surface area (Å²) in [5.74, 6) is -0.183. The second-order valence-corrected chi connectivity index (χ2v) is 10.2. The Balaban J connectivity index is 1.50. The van der Waals surface area contributed by atoms with Crippen LogP contribution in [-0.2, 0) is 11.2 Å². The molecule has 2 aliphatic rings. The topological polar surface area (TPSA) is 108 Å². The van der Waals surface area contributed by atoms with Crippen LogP contribution < -0.4 is 11.1 Å². The van der Waals surface area contributed by atoms with E-state index in [1.807, 2.05) is 80.6 Å². The van der Waals surface area contributed by atoms with E-state index in [0.717, 1.165) is 35.1 Å². The van der Waals surface area contributed by atoms with Crippen LogP contribution in [-0.4, -0.2) is 39.4 Å². The van der Waals surface area contributed by atoms with Crippen LogP contribution in [0.2, 0.25) is 0 Å². The first-order valence-corrected chi connectivity index (χ1v) is 13.2. The molecule has 2 amide bonds. The molecular weight excluding hydrogens is 476 g/mol. The molecular formula is C31H34N4O3. The van der Waals surface area contributed by atoms with Crippen LogP contribution in [0.4, 0.5) is 0 Å². The zero-order valence-corrected chi connectivity index (χ0v) is 21.8. The molecule has 196 valence electrons. The maximum Gasteiger partial charge on any atom is 0.251 e. The number of aliphatic hydroxyl groups is 1. The fourth-order valence-electron chi connectivity index (χ4n) is 5.71. The van der Waals surface area contributed by atoms with Crippen molar-refractivity contribution in [3.8, 4) is 0 Å². The van der Waals surface area contributed by atoms with Crippen LogP contribution >= 0.6 is 0 Å². The van der Waals surface area contributed by atoms with Gasteiger partial charge in [-0.25, -0.2) is 4.99 Å². The minimum absolute atomic E-state index is 0.0874. The second-order valence-electron chi connectivity index (χ2n) is 10.2. The van der Waals surface area contributed by atoms with Gasteiger partial charge in [0.2, 0.25) is 5.91 Å². The summed E-state index contributed by atoms with van der Waals surface area (Å²) < 4.78 is 0. The van der Waals surface area contributed by atoms with Gasteiger partial charge in [0.1, 0.15) is 0 Å². The first kappa shape index (κ1) is 25.7. The average Bonchev–Trinajstić information content (AvgIpc) is 3.25. The summed E-state index contributed by atoms with van der Waals surface area (Å²) >= 11 is 0. The molecule has 0 aromatic heterocycles. The molecule has 1 aliphatic carbocycles. The van der Waals surface area contributed by atoms with E-state index in [0.29, 0.717) is 12.0 Å². The normalized spacial score (nSPS) is 21.0. The second kappa shape index (κ2) is 10.4. The predicted molar refractivity (Wildman–Crippen MR) is 147 cm³/mol. The van der Waals surface area contributed by atoms with Crippen molar-refractivity contribution in [1.29, 1.82) is 0 Å². The number of guanidine groups is 1. The minimum atomic E-state index is -0.684. The number of hydrogen-bond acceptors (Lipinski definition) is 5. The van der Waals surface area contributed by atoms with Gasteiger partial charge in [-0.15, -0.1) is 0 Å². The van der Waals surface area contributed by atoms with Gasteiger partial charge in [-0.1, -0.05) is 80.6 Å². The van der Waals surface area contributed by atoms with Crippen LogP contribution in [0, 0.1) is 0 Å². The summed E-state index contributed by atoms with van der Waals surface area (Å²) in [6, 6.07) is 23.6. The number of aliphatic imine (C=N–C) groups is 1. The van der Waals surface area contributed by atoms with Crippen molar-refractivity contribution in [3.63, 3.8) is 0 Å². The largest absolute Gasteiger partial charge is 0.390 e. The van der Waals surface area contributed by atoms with Gasteiger partial charge < -0.3 is 16.2 Å².